The Bertz CT molecular complexity index is 739. The number of rotatable bonds is 3. The normalized spacial score (nSPS) is 10.5. The third-order valence-electron chi connectivity index (χ3n) is 3.25. The lowest BCUT2D eigenvalue weighted by atomic mass is 10.0. The van der Waals surface area contributed by atoms with Gasteiger partial charge in [0.2, 0.25) is 0 Å². The summed E-state index contributed by atoms with van der Waals surface area (Å²) in [7, 11) is 3.27. The van der Waals surface area contributed by atoms with Gasteiger partial charge in [-0.05, 0) is 35.4 Å². The van der Waals surface area contributed by atoms with Gasteiger partial charge in [-0.2, -0.15) is 0 Å². The van der Waals surface area contributed by atoms with Gasteiger partial charge in [0.25, 0.3) is 0 Å². The van der Waals surface area contributed by atoms with Crippen LogP contribution in [0.2, 0.25) is 0 Å². The average molecular weight is 264 g/mol. The molecule has 0 aliphatic carbocycles. The molecular weight excluding hydrogens is 250 g/mol. The van der Waals surface area contributed by atoms with Gasteiger partial charge in [0, 0.05) is 6.20 Å². The number of benzene rings is 2. The Morgan fingerprint density at radius 3 is 2.60 bits per heavy atom. The van der Waals surface area contributed by atoms with Crippen LogP contribution in [0.4, 0.5) is 0 Å². The summed E-state index contributed by atoms with van der Waals surface area (Å²) < 4.78 is 10.9. The van der Waals surface area contributed by atoms with Crippen LogP contribution in [0.5, 0.6) is 11.5 Å². The molecule has 0 N–H and O–H groups in total. The van der Waals surface area contributed by atoms with E-state index in [9.17, 15) is 0 Å². The molecule has 20 heavy (non-hydrogen) atoms. The van der Waals surface area contributed by atoms with Gasteiger partial charge < -0.3 is 9.47 Å². The zero-order valence-corrected chi connectivity index (χ0v) is 11.4. The minimum atomic E-state index is 0.699. The first-order valence-electron chi connectivity index (χ1n) is 6.32. The van der Waals surface area contributed by atoms with Crippen LogP contribution in [0.3, 0.4) is 0 Å². The van der Waals surface area contributed by atoms with E-state index >= 15 is 0 Å². The number of hydrogen-bond acceptors (Lipinski definition) is 3. The monoisotopic (exact) mass is 264 g/mol. The number of ether oxygens (including phenoxy) is 2. The highest BCUT2D eigenvalue weighted by atomic mass is 16.5. The Labute approximate surface area is 117 Å². The van der Waals surface area contributed by atoms with Gasteiger partial charge in [0.05, 0.1) is 25.1 Å². The van der Waals surface area contributed by atoms with Crippen molar-refractivity contribution in [3.8, 4) is 22.6 Å². The minimum absolute atomic E-state index is 0.699. The minimum Gasteiger partial charge on any atom is -0.493 e. The average Bonchev–Trinajstić information content (AvgIpc) is 2.53. The summed E-state index contributed by atoms with van der Waals surface area (Å²) in [5, 5.41) is 0.941. The van der Waals surface area contributed by atoms with Gasteiger partial charge in [-0.1, -0.05) is 24.3 Å². The van der Waals surface area contributed by atoms with Gasteiger partial charge in [0.1, 0.15) is 0 Å². The number of pyridine rings is 1. The highest BCUT2D eigenvalue weighted by molar-refractivity contribution is 6.00. The smallest absolute Gasteiger partial charge is 0.170 e. The van der Waals surface area contributed by atoms with Crippen molar-refractivity contribution in [3.63, 3.8) is 0 Å². The first-order chi connectivity index (χ1) is 9.85. The van der Waals surface area contributed by atoms with E-state index in [1.54, 1.807) is 20.4 Å². The second-order valence-electron chi connectivity index (χ2n) is 4.33. The lowest BCUT2D eigenvalue weighted by Crippen LogP contribution is -1.94. The largest absolute Gasteiger partial charge is 0.493 e. The third kappa shape index (κ3) is 1.97. The SMILES string of the molecule is COc1ccc2nccc(-c3[c]cccc3)c2c1OC. The van der Waals surface area contributed by atoms with E-state index in [0.717, 1.165) is 22.0 Å². The van der Waals surface area contributed by atoms with Gasteiger partial charge in [-0.3, -0.25) is 4.98 Å². The quantitative estimate of drug-likeness (QED) is 0.722. The molecule has 1 heterocycles. The summed E-state index contributed by atoms with van der Waals surface area (Å²) in [6, 6.07) is 16.9. The molecule has 0 saturated carbocycles. The van der Waals surface area contributed by atoms with Crippen molar-refractivity contribution in [2.45, 2.75) is 0 Å². The van der Waals surface area contributed by atoms with Crippen LogP contribution in [-0.4, -0.2) is 19.2 Å². The lowest BCUT2D eigenvalue weighted by molar-refractivity contribution is 0.358. The van der Waals surface area contributed by atoms with E-state index in [-0.39, 0.29) is 0 Å². The summed E-state index contributed by atoms with van der Waals surface area (Å²) in [5.74, 6) is 1.40. The topological polar surface area (TPSA) is 31.4 Å². The number of aromatic nitrogens is 1. The van der Waals surface area contributed by atoms with Crippen molar-refractivity contribution in [3.05, 3.63) is 54.7 Å². The summed E-state index contributed by atoms with van der Waals surface area (Å²) >= 11 is 0. The maximum atomic E-state index is 5.53. The molecule has 3 aromatic rings. The Balaban J connectivity index is 2.38. The van der Waals surface area contributed by atoms with E-state index in [1.807, 2.05) is 42.5 Å². The Morgan fingerprint density at radius 1 is 1.00 bits per heavy atom. The molecule has 1 radical (unpaired) electrons. The first-order valence-corrected chi connectivity index (χ1v) is 6.32. The number of methoxy groups -OCH3 is 2. The standard InChI is InChI=1S/C17H14NO2/c1-19-15-9-8-14-16(17(15)20-2)13(10-11-18-14)12-6-4-3-5-7-12/h3-6,8-11H,1-2H3. The van der Waals surface area contributed by atoms with Crippen molar-refractivity contribution < 1.29 is 9.47 Å². The molecular formula is C17H14NO2. The first kappa shape index (κ1) is 12.5. The molecule has 3 heteroatoms. The third-order valence-corrected chi connectivity index (χ3v) is 3.25. The number of hydrogen-bond donors (Lipinski definition) is 0. The van der Waals surface area contributed by atoms with Gasteiger partial charge in [-0.15, -0.1) is 0 Å². The molecule has 0 spiro atoms. The molecule has 99 valence electrons. The van der Waals surface area contributed by atoms with E-state index in [2.05, 4.69) is 11.1 Å². The predicted octanol–water partition coefficient (Wildman–Crippen LogP) is 3.72. The second-order valence-corrected chi connectivity index (χ2v) is 4.33. The van der Waals surface area contributed by atoms with Gasteiger partial charge >= 0.3 is 0 Å². The van der Waals surface area contributed by atoms with Crippen molar-refractivity contribution >= 4 is 10.9 Å². The Kier molecular flexibility index (Phi) is 3.25. The van der Waals surface area contributed by atoms with Crippen molar-refractivity contribution in [2.75, 3.05) is 14.2 Å². The Morgan fingerprint density at radius 2 is 1.90 bits per heavy atom. The zero-order valence-electron chi connectivity index (χ0n) is 11.4. The molecule has 0 fully saturated rings. The number of fused-ring (bicyclic) bond motifs is 1. The molecule has 0 amide bonds. The summed E-state index contributed by atoms with van der Waals surface area (Å²) in [4.78, 5) is 4.40. The summed E-state index contributed by atoms with van der Waals surface area (Å²) in [5.41, 5.74) is 2.91. The number of nitrogens with zero attached hydrogens (tertiary/aromatic N) is 1. The molecule has 0 aliphatic rings. The highest BCUT2D eigenvalue weighted by Gasteiger charge is 2.14. The molecule has 2 aromatic carbocycles. The van der Waals surface area contributed by atoms with Crippen LogP contribution in [0.15, 0.2) is 48.7 Å². The fourth-order valence-corrected chi connectivity index (χ4v) is 2.35. The van der Waals surface area contributed by atoms with Gasteiger partial charge in [-0.25, -0.2) is 0 Å². The molecule has 3 rings (SSSR count). The van der Waals surface area contributed by atoms with Crippen LogP contribution in [0.25, 0.3) is 22.0 Å². The van der Waals surface area contributed by atoms with E-state index in [4.69, 9.17) is 9.47 Å². The lowest BCUT2D eigenvalue weighted by Gasteiger charge is -2.13. The fraction of sp³-hybridized carbons (Fsp3) is 0.118. The van der Waals surface area contributed by atoms with Crippen LogP contribution >= 0.6 is 0 Å². The molecule has 0 saturated heterocycles. The van der Waals surface area contributed by atoms with E-state index < -0.39 is 0 Å². The highest BCUT2D eigenvalue weighted by Crippen LogP contribution is 2.39. The van der Waals surface area contributed by atoms with Gasteiger partial charge in [0.15, 0.2) is 11.5 Å². The molecule has 0 aliphatic heterocycles. The van der Waals surface area contributed by atoms with Crippen molar-refractivity contribution in [2.24, 2.45) is 0 Å². The maximum absolute atomic E-state index is 5.53. The van der Waals surface area contributed by atoms with Crippen LogP contribution in [0.1, 0.15) is 0 Å². The molecule has 0 unspecified atom stereocenters. The molecule has 1 aromatic heterocycles. The van der Waals surface area contributed by atoms with Crippen LogP contribution < -0.4 is 9.47 Å². The van der Waals surface area contributed by atoms with E-state index in [1.165, 1.54) is 0 Å². The van der Waals surface area contributed by atoms with Crippen molar-refractivity contribution in [1.29, 1.82) is 0 Å². The van der Waals surface area contributed by atoms with E-state index in [0.29, 0.717) is 11.5 Å². The maximum Gasteiger partial charge on any atom is 0.170 e. The summed E-state index contributed by atoms with van der Waals surface area (Å²) in [6.45, 7) is 0. The van der Waals surface area contributed by atoms with Crippen molar-refractivity contribution in [1.82, 2.24) is 4.98 Å². The second kappa shape index (κ2) is 5.21. The predicted molar refractivity (Wildman–Crippen MR) is 79.1 cm³/mol. The summed E-state index contributed by atoms with van der Waals surface area (Å²) in [6.07, 6.45) is 1.80. The molecule has 0 bridgehead atoms. The fourth-order valence-electron chi connectivity index (χ4n) is 2.35. The Hall–Kier alpha value is -2.55. The van der Waals surface area contributed by atoms with Crippen LogP contribution in [-0.2, 0) is 0 Å². The molecule has 3 nitrogen and oxygen atoms in total. The zero-order chi connectivity index (χ0) is 13.9. The van der Waals surface area contributed by atoms with Crippen LogP contribution in [0, 0.1) is 6.07 Å². The molecule has 0 atom stereocenters.